The third-order valence-corrected chi connectivity index (χ3v) is 7.11. The number of ether oxygens (including phenoxy) is 2. The molecule has 0 amide bonds. The van der Waals surface area contributed by atoms with Gasteiger partial charge in [-0.1, -0.05) is 73.3 Å². The molecule has 36 heavy (non-hydrogen) atoms. The lowest BCUT2D eigenvalue weighted by Gasteiger charge is -2.30. The molecule has 0 saturated carbocycles. The van der Waals surface area contributed by atoms with Crippen LogP contribution >= 0.6 is 0 Å². The summed E-state index contributed by atoms with van der Waals surface area (Å²) in [6, 6.07) is 22.8. The zero-order chi connectivity index (χ0) is 24.9. The highest BCUT2D eigenvalue weighted by Gasteiger charge is 2.49. The number of methoxy groups -OCH3 is 1. The molecule has 1 aliphatic heterocycles. The predicted molar refractivity (Wildman–Crippen MR) is 143 cm³/mol. The van der Waals surface area contributed by atoms with Gasteiger partial charge in [-0.3, -0.25) is 0 Å². The minimum absolute atomic E-state index is 0.491. The van der Waals surface area contributed by atoms with Gasteiger partial charge in [0, 0.05) is 47.9 Å². The summed E-state index contributed by atoms with van der Waals surface area (Å²) in [7, 11) is 3.71. The van der Waals surface area contributed by atoms with Crippen molar-refractivity contribution in [3.8, 4) is 28.2 Å². The topological polar surface area (TPSA) is 49.4 Å². The summed E-state index contributed by atoms with van der Waals surface area (Å²) in [5, 5.41) is 1.06. The van der Waals surface area contributed by atoms with Gasteiger partial charge in [0.05, 0.1) is 6.20 Å². The van der Waals surface area contributed by atoms with Gasteiger partial charge in [0.15, 0.2) is 5.76 Å². The maximum Gasteiger partial charge on any atom is 0.218 e. The SMILES string of the molecule is C=Cc1ncc(-c2cn(C)c3cccc(-c4cccc5c4O[C@H](OC)[C@]5(C=C)c4ccccc4)c23)o1. The predicted octanol–water partition coefficient (Wildman–Crippen LogP) is 6.98. The molecule has 5 aromatic rings. The molecular weight excluding hydrogens is 448 g/mol. The summed E-state index contributed by atoms with van der Waals surface area (Å²) in [5.74, 6) is 1.97. The van der Waals surface area contributed by atoms with Crippen LogP contribution in [0.2, 0.25) is 0 Å². The molecule has 0 radical (unpaired) electrons. The number of hydrogen-bond donors (Lipinski definition) is 0. The van der Waals surface area contributed by atoms with E-state index < -0.39 is 11.7 Å². The number of hydrogen-bond acceptors (Lipinski definition) is 4. The fourth-order valence-corrected chi connectivity index (χ4v) is 5.45. The lowest BCUT2D eigenvalue weighted by Crippen LogP contribution is -2.38. The molecule has 0 saturated heterocycles. The first-order valence-corrected chi connectivity index (χ1v) is 11.8. The molecule has 178 valence electrons. The number of fused-ring (bicyclic) bond motifs is 2. The molecule has 0 unspecified atom stereocenters. The molecule has 3 heterocycles. The largest absolute Gasteiger partial charge is 0.462 e. The fourth-order valence-electron chi connectivity index (χ4n) is 5.45. The van der Waals surface area contributed by atoms with E-state index in [0.29, 0.717) is 11.7 Å². The van der Waals surface area contributed by atoms with Crippen molar-refractivity contribution in [3.05, 3.63) is 115 Å². The highest BCUT2D eigenvalue weighted by molar-refractivity contribution is 6.06. The van der Waals surface area contributed by atoms with E-state index in [1.54, 1.807) is 19.4 Å². The van der Waals surface area contributed by atoms with E-state index in [0.717, 1.165) is 44.5 Å². The molecule has 6 rings (SSSR count). The van der Waals surface area contributed by atoms with Crippen LogP contribution in [0.1, 0.15) is 17.0 Å². The summed E-state index contributed by atoms with van der Waals surface area (Å²) >= 11 is 0. The quantitative estimate of drug-likeness (QED) is 0.249. The van der Waals surface area contributed by atoms with E-state index in [9.17, 15) is 0 Å². The summed E-state index contributed by atoms with van der Waals surface area (Å²) in [6.45, 7) is 7.99. The second kappa shape index (κ2) is 8.40. The fraction of sp³-hybridized carbons (Fsp3) is 0.129. The van der Waals surface area contributed by atoms with E-state index in [4.69, 9.17) is 13.9 Å². The molecule has 3 aromatic carbocycles. The average molecular weight is 475 g/mol. The molecular formula is C31H26N2O3. The first-order valence-electron chi connectivity index (χ1n) is 11.8. The van der Waals surface area contributed by atoms with Crippen molar-refractivity contribution in [1.29, 1.82) is 0 Å². The van der Waals surface area contributed by atoms with Crippen LogP contribution in [0.25, 0.3) is 39.4 Å². The highest BCUT2D eigenvalue weighted by atomic mass is 16.7. The van der Waals surface area contributed by atoms with E-state index in [1.165, 1.54) is 0 Å². The van der Waals surface area contributed by atoms with Crippen LogP contribution in [0.4, 0.5) is 0 Å². The molecule has 0 fully saturated rings. The van der Waals surface area contributed by atoms with Gasteiger partial charge in [-0.15, -0.1) is 6.58 Å². The van der Waals surface area contributed by atoms with Gasteiger partial charge in [-0.05, 0) is 23.3 Å². The van der Waals surface area contributed by atoms with Crippen molar-refractivity contribution in [2.45, 2.75) is 11.7 Å². The van der Waals surface area contributed by atoms with Crippen molar-refractivity contribution < 1.29 is 13.9 Å². The lowest BCUT2D eigenvalue weighted by atomic mass is 9.74. The number of aromatic nitrogens is 2. The van der Waals surface area contributed by atoms with Gasteiger partial charge in [-0.25, -0.2) is 4.98 Å². The molecule has 0 bridgehead atoms. The maximum atomic E-state index is 6.58. The summed E-state index contributed by atoms with van der Waals surface area (Å²) < 4.78 is 20.6. The van der Waals surface area contributed by atoms with Crippen molar-refractivity contribution in [2.24, 2.45) is 7.05 Å². The van der Waals surface area contributed by atoms with E-state index in [2.05, 4.69) is 77.4 Å². The van der Waals surface area contributed by atoms with Crippen LogP contribution in [0.15, 0.2) is 103 Å². The van der Waals surface area contributed by atoms with Crippen molar-refractivity contribution in [3.63, 3.8) is 0 Å². The number of benzene rings is 3. The summed E-state index contributed by atoms with van der Waals surface area (Å²) in [5.41, 5.74) is 5.51. The molecule has 0 aliphatic carbocycles. The molecule has 1 aliphatic rings. The monoisotopic (exact) mass is 474 g/mol. The first kappa shape index (κ1) is 22.1. The molecule has 0 spiro atoms. The van der Waals surface area contributed by atoms with Crippen molar-refractivity contribution >= 4 is 17.0 Å². The molecule has 2 atom stereocenters. The standard InChI is InChI=1S/C31H26N2O3/c1-5-27-32-18-26(35-27)23-19-33(3)25-17-11-14-21(28(23)25)22-15-10-16-24-29(22)36-30(34-4)31(24,6-2)20-12-8-7-9-13-20/h5-19,30H,1-2H2,3-4H3/t30-,31+/m0/s1. The second-order valence-corrected chi connectivity index (χ2v) is 8.93. The first-order chi connectivity index (χ1) is 17.6. The Balaban J connectivity index is 1.62. The number of oxazole rings is 1. The Kier molecular flexibility index (Phi) is 5.16. The highest BCUT2D eigenvalue weighted by Crippen LogP contribution is 2.53. The van der Waals surface area contributed by atoms with Crippen LogP contribution in [-0.2, 0) is 17.2 Å². The third kappa shape index (κ3) is 3.03. The van der Waals surface area contributed by atoms with Crippen LogP contribution in [0.3, 0.4) is 0 Å². The second-order valence-electron chi connectivity index (χ2n) is 8.93. The molecule has 5 nitrogen and oxygen atoms in total. The maximum absolute atomic E-state index is 6.58. The van der Waals surface area contributed by atoms with E-state index >= 15 is 0 Å². The zero-order valence-electron chi connectivity index (χ0n) is 20.3. The minimum Gasteiger partial charge on any atom is -0.462 e. The molecule has 5 heteroatoms. The number of para-hydroxylation sites is 1. The van der Waals surface area contributed by atoms with E-state index in [1.807, 2.05) is 31.3 Å². The number of rotatable bonds is 6. The van der Waals surface area contributed by atoms with Gasteiger partial charge in [0.25, 0.3) is 0 Å². The number of aryl methyl sites for hydroxylation is 1. The average Bonchev–Trinajstić information content (AvgIpc) is 3.63. The summed E-state index contributed by atoms with van der Waals surface area (Å²) in [4.78, 5) is 4.33. The van der Waals surface area contributed by atoms with Crippen molar-refractivity contribution in [1.82, 2.24) is 9.55 Å². The Bertz CT molecular complexity index is 1610. The van der Waals surface area contributed by atoms with E-state index in [-0.39, 0.29) is 0 Å². The smallest absolute Gasteiger partial charge is 0.218 e. The van der Waals surface area contributed by atoms with Crippen LogP contribution in [-0.4, -0.2) is 23.0 Å². The Labute approximate surface area is 209 Å². The molecule has 2 aromatic heterocycles. The van der Waals surface area contributed by atoms with Crippen LogP contribution in [0, 0.1) is 0 Å². The van der Waals surface area contributed by atoms with Gasteiger partial charge in [0.2, 0.25) is 12.2 Å². The minimum atomic E-state index is -0.640. The Morgan fingerprint density at radius 1 is 0.972 bits per heavy atom. The van der Waals surface area contributed by atoms with Crippen LogP contribution in [0.5, 0.6) is 5.75 Å². The number of nitrogens with zero attached hydrogens (tertiary/aromatic N) is 2. The van der Waals surface area contributed by atoms with Crippen LogP contribution < -0.4 is 4.74 Å². The normalized spacial score (nSPS) is 18.7. The van der Waals surface area contributed by atoms with Gasteiger partial charge in [0.1, 0.15) is 11.2 Å². The Morgan fingerprint density at radius 2 is 1.75 bits per heavy atom. The lowest BCUT2D eigenvalue weighted by molar-refractivity contribution is -0.0645. The van der Waals surface area contributed by atoms with Gasteiger partial charge < -0.3 is 18.5 Å². The Hall–Kier alpha value is -4.35. The summed E-state index contributed by atoms with van der Waals surface area (Å²) in [6.07, 6.45) is 6.81. The third-order valence-electron chi connectivity index (χ3n) is 7.11. The zero-order valence-corrected chi connectivity index (χ0v) is 20.3. The molecule has 0 N–H and O–H groups in total. The van der Waals surface area contributed by atoms with Gasteiger partial charge in [-0.2, -0.15) is 0 Å². The Morgan fingerprint density at radius 3 is 2.47 bits per heavy atom. The van der Waals surface area contributed by atoms with Gasteiger partial charge >= 0.3 is 0 Å². The van der Waals surface area contributed by atoms with Crippen molar-refractivity contribution in [2.75, 3.05) is 7.11 Å².